The average molecular weight is 341 g/mol. The molecule has 0 saturated carbocycles. The summed E-state index contributed by atoms with van der Waals surface area (Å²) >= 11 is 1.66. The first kappa shape index (κ1) is 15.5. The van der Waals surface area contributed by atoms with E-state index in [1.807, 2.05) is 18.2 Å². The van der Waals surface area contributed by atoms with Gasteiger partial charge < -0.3 is 4.74 Å². The van der Waals surface area contributed by atoms with Gasteiger partial charge in [-0.15, -0.1) is 11.3 Å². The molecule has 1 aliphatic carbocycles. The normalized spacial score (nSPS) is 21.7. The molecule has 1 aromatic carbocycles. The van der Waals surface area contributed by atoms with Crippen LogP contribution in [0.25, 0.3) is 10.6 Å². The van der Waals surface area contributed by atoms with E-state index in [0.717, 1.165) is 59.0 Å². The SMILES string of the molecule is O=C(NN=C1CCCc2nc(-c3ccccc3)sc21)C1CCCO1. The Labute approximate surface area is 144 Å². The maximum atomic E-state index is 12.1. The number of amides is 1. The number of hydrogen-bond donors (Lipinski definition) is 1. The summed E-state index contributed by atoms with van der Waals surface area (Å²) in [5, 5.41) is 5.40. The molecule has 2 aliphatic rings. The molecule has 24 heavy (non-hydrogen) atoms. The van der Waals surface area contributed by atoms with Crippen LogP contribution >= 0.6 is 11.3 Å². The highest BCUT2D eigenvalue weighted by molar-refractivity contribution is 7.17. The van der Waals surface area contributed by atoms with Crippen molar-refractivity contribution in [1.29, 1.82) is 0 Å². The van der Waals surface area contributed by atoms with E-state index >= 15 is 0 Å². The fraction of sp³-hybridized carbons (Fsp3) is 0.389. The van der Waals surface area contributed by atoms with Gasteiger partial charge in [-0.25, -0.2) is 10.4 Å². The Morgan fingerprint density at radius 2 is 2.12 bits per heavy atom. The highest BCUT2D eigenvalue weighted by Gasteiger charge is 2.25. The first-order valence-corrected chi connectivity index (χ1v) is 9.16. The molecule has 124 valence electrons. The third-order valence-electron chi connectivity index (χ3n) is 4.33. The van der Waals surface area contributed by atoms with Gasteiger partial charge in [0.05, 0.1) is 16.3 Å². The fourth-order valence-electron chi connectivity index (χ4n) is 3.07. The second kappa shape index (κ2) is 6.83. The fourth-order valence-corrected chi connectivity index (χ4v) is 4.21. The number of nitrogens with one attached hydrogen (secondary N) is 1. The van der Waals surface area contributed by atoms with Crippen molar-refractivity contribution in [2.24, 2.45) is 5.10 Å². The number of aryl methyl sites for hydroxylation is 1. The number of hydrazone groups is 1. The molecule has 1 aliphatic heterocycles. The van der Waals surface area contributed by atoms with E-state index < -0.39 is 0 Å². The van der Waals surface area contributed by atoms with Crippen LogP contribution in [-0.4, -0.2) is 29.3 Å². The summed E-state index contributed by atoms with van der Waals surface area (Å²) in [6.45, 7) is 0.661. The van der Waals surface area contributed by atoms with Crippen molar-refractivity contribution < 1.29 is 9.53 Å². The minimum atomic E-state index is -0.348. The number of aromatic nitrogens is 1. The molecule has 5 nitrogen and oxygen atoms in total. The zero-order valence-corrected chi connectivity index (χ0v) is 14.1. The lowest BCUT2D eigenvalue weighted by molar-refractivity contribution is -0.130. The van der Waals surface area contributed by atoms with Crippen molar-refractivity contribution in [3.8, 4) is 10.6 Å². The largest absolute Gasteiger partial charge is 0.368 e. The van der Waals surface area contributed by atoms with Crippen molar-refractivity contribution in [3.63, 3.8) is 0 Å². The van der Waals surface area contributed by atoms with Crippen LogP contribution in [0.4, 0.5) is 0 Å². The molecule has 1 saturated heterocycles. The quantitative estimate of drug-likeness (QED) is 0.872. The number of thiazole rings is 1. The summed E-state index contributed by atoms with van der Waals surface area (Å²) in [6, 6.07) is 10.2. The van der Waals surface area contributed by atoms with Gasteiger partial charge in [-0.05, 0) is 32.1 Å². The van der Waals surface area contributed by atoms with Gasteiger partial charge in [0.25, 0.3) is 5.91 Å². The van der Waals surface area contributed by atoms with Crippen LogP contribution in [0.3, 0.4) is 0 Å². The molecule has 0 spiro atoms. The summed E-state index contributed by atoms with van der Waals surface area (Å²) in [6.07, 6.45) is 4.22. The Morgan fingerprint density at radius 1 is 1.25 bits per heavy atom. The van der Waals surface area contributed by atoms with Crippen LogP contribution in [0.2, 0.25) is 0 Å². The Balaban J connectivity index is 1.56. The van der Waals surface area contributed by atoms with Crippen LogP contribution in [0.15, 0.2) is 35.4 Å². The van der Waals surface area contributed by atoms with Crippen molar-refractivity contribution in [2.45, 2.75) is 38.2 Å². The standard InChI is InChI=1S/C18H19N3O2S/c22-17(15-10-5-11-23-15)21-20-14-9-4-8-13-16(14)24-18(19-13)12-6-2-1-3-7-12/h1-3,6-7,15H,4-5,8-11H2,(H,21,22). The van der Waals surface area contributed by atoms with E-state index in [9.17, 15) is 4.79 Å². The van der Waals surface area contributed by atoms with Gasteiger partial charge in [0, 0.05) is 12.2 Å². The van der Waals surface area contributed by atoms with Crippen molar-refractivity contribution in [3.05, 3.63) is 40.9 Å². The van der Waals surface area contributed by atoms with Crippen LogP contribution in [0.5, 0.6) is 0 Å². The number of ether oxygens (including phenoxy) is 1. The first-order chi connectivity index (χ1) is 11.8. The van der Waals surface area contributed by atoms with E-state index in [0.29, 0.717) is 6.61 Å². The molecule has 4 rings (SSSR count). The topological polar surface area (TPSA) is 63.6 Å². The number of carbonyl (C=O) groups is 1. The maximum absolute atomic E-state index is 12.1. The van der Waals surface area contributed by atoms with Gasteiger partial charge in [-0.3, -0.25) is 4.79 Å². The monoisotopic (exact) mass is 341 g/mol. The smallest absolute Gasteiger partial charge is 0.269 e. The van der Waals surface area contributed by atoms with Crippen LogP contribution in [0.1, 0.15) is 36.3 Å². The molecule has 1 aromatic heterocycles. The predicted molar refractivity (Wildman–Crippen MR) is 94.1 cm³/mol. The number of carbonyl (C=O) groups excluding carboxylic acids is 1. The second-order valence-corrected chi connectivity index (χ2v) is 7.05. The highest BCUT2D eigenvalue weighted by atomic mass is 32.1. The lowest BCUT2D eigenvalue weighted by atomic mass is 10.0. The Hall–Kier alpha value is -2.05. The number of benzene rings is 1. The molecule has 1 N–H and O–H groups in total. The molecular weight excluding hydrogens is 322 g/mol. The Kier molecular flexibility index (Phi) is 4.40. The van der Waals surface area contributed by atoms with E-state index in [1.54, 1.807) is 11.3 Å². The van der Waals surface area contributed by atoms with E-state index in [2.05, 4.69) is 22.7 Å². The van der Waals surface area contributed by atoms with Crippen LogP contribution < -0.4 is 5.43 Å². The molecule has 2 heterocycles. The number of rotatable bonds is 3. The minimum Gasteiger partial charge on any atom is -0.368 e. The lowest BCUT2D eigenvalue weighted by Crippen LogP contribution is -2.31. The second-order valence-electron chi connectivity index (χ2n) is 6.05. The van der Waals surface area contributed by atoms with E-state index in [4.69, 9.17) is 9.72 Å². The summed E-state index contributed by atoms with van der Waals surface area (Å²) in [5.74, 6) is -0.139. The molecule has 2 aromatic rings. The molecular formula is C18H19N3O2S. The molecule has 1 unspecified atom stereocenters. The summed E-state index contributed by atoms with van der Waals surface area (Å²) in [5.41, 5.74) is 5.84. The van der Waals surface area contributed by atoms with E-state index in [1.165, 1.54) is 0 Å². The van der Waals surface area contributed by atoms with Gasteiger partial charge in [0.2, 0.25) is 0 Å². The highest BCUT2D eigenvalue weighted by Crippen LogP contribution is 2.32. The Bertz CT molecular complexity index is 764. The third kappa shape index (κ3) is 3.12. The molecule has 6 heteroatoms. The zero-order chi connectivity index (χ0) is 16.4. The van der Waals surface area contributed by atoms with Crippen molar-refractivity contribution >= 4 is 23.0 Å². The lowest BCUT2D eigenvalue weighted by Gasteiger charge is -2.13. The average Bonchev–Trinajstić information content (AvgIpc) is 3.30. The van der Waals surface area contributed by atoms with Gasteiger partial charge in [-0.2, -0.15) is 5.10 Å². The number of fused-ring (bicyclic) bond motifs is 1. The number of hydrogen-bond acceptors (Lipinski definition) is 5. The summed E-state index contributed by atoms with van der Waals surface area (Å²) in [7, 11) is 0. The molecule has 0 radical (unpaired) electrons. The van der Waals surface area contributed by atoms with E-state index in [-0.39, 0.29) is 12.0 Å². The van der Waals surface area contributed by atoms with Crippen LogP contribution in [-0.2, 0) is 16.0 Å². The molecule has 1 amide bonds. The van der Waals surface area contributed by atoms with Crippen molar-refractivity contribution in [2.75, 3.05) is 6.61 Å². The molecule has 1 atom stereocenters. The minimum absolute atomic E-state index is 0.139. The predicted octanol–water partition coefficient (Wildman–Crippen LogP) is 3.15. The first-order valence-electron chi connectivity index (χ1n) is 8.35. The molecule has 1 fully saturated rings. The van der Waals surface area contributed by atoms with Crippen LogP contribution in [0, 0.1) is 0 Å². The van der Waals surface area contributed by atoms with Gasteiger partial charge in [0.1, 0.15) is 11.1 Å². The summed E-state index contributed by atoms with van der Waals surface area (Å²) in [4.78, 5) is 18.0. The third-order valence-corrected chi connectivity index (χ3v) is 5.53. The van der Waals surface area contributed by atoms with Gasteiger partial charge >= 0.3 is 0 Å². The van der Waals surface area contributed by atoms with Gasteiger partial charge in [0.15, 0.2) is 0 Å². The Morgan fingerprint density at radius 3 is 2.92 bits per heavy atom. The zero-order valence-electron chi connectivity index (χ0n) is 13.3. The summed E-state index contributed by atoms with van der Waals surface area (Å²) < 4.78 is 5.39. The molecule has 0 bridgehead atoms. The maximum Gasteiger partial charge on any atom is 0.269 e. The van der Waals surface area contributed by atoms with Gasteiger partial charge in [-0.1, -0.05) is 30.3 Å². The van der Waals surface area contributed by atoms with Crippen molar-refractivity contribution in [1.82, 2.24) is 10.4 Å². The number of nitrogens with zero attached hydrogens (tertiary/aromatic N) is 2.